The SMILES string of the molecule is COC(=O)CCC(=O)NC1(C(=O)O)CCCCC1. The first-order valence-corrected chi connectivity index (χ1v) is 6.11. The van der Waals surface area contributed by atoms with Crippen molar-refractivity contribution in [1.82, 2.24) is 5.32 Å². The van der Waals surface area contributed by atoms with Gasteiger partial charge in [0.1, 0.15) is 5.54 Å². The Labute approximate surface area is 106 Å². The van der Waals surface area contributed by atoms with Crippen molar-refractivity contribution >= 4 is 17.8 Å². The first kappa shape index (κ1) is 14.5. The molecule has 0 aromatic carbocycles. The zero-order valence-electron chi connectivity index (χ0n) is 10.5. The quantitative estimate of drug-likeness (QED) is 0.712. The van der Waals surface area contributed by atoms with E-state index in [9.17, 15) is 19.5 Å². The van der Waals surface area contributed by atoms with Crippen molar-refractivity contribution in [2.75, 3.05) is 7.11 Å². The van der Waals surface area contributed by atoms with E-state index in [1.165, 1.54) is 7.11 Å². The highest BCUT2D eigenvalue weighted by atomic mass is 16.5. The Kier molecular flexibility index (Phi) is 5.12. The molecule has 0 atom stereocenters. The molecular weight excluding hydrogens is 238 g/mol. The van der Waals surface area contributed by atoms with Gasteiger partial charge in [-0.2, -0.15) is 0 Å². The summed E-state index contributed by atoms with van der Waals surface area (Å²) >= 11 is 0. The Balaban J connectivity index is 2.53. The van der Waals surface area contributed by atoms with Crippen molar-refractivity contribution in [3.63, 3.8) is 0 Å². The molecule has 0 aliphatic heterocycles. The van der Waals surface area contributed by atoms with Crippen molar-refractivity contribution in [2.45, 2.75) is 50.5 Å². The summed E-state index contributed by atoms with van der Waals surface area (Å²) in [5.74, 6) is -1.88. The maximum absolute atomic E-state index is 11.7. The van der Waals surface area contributed by atoms with Crippen LogP contribution in [0.4, 0.5) is 0 Å². The number of methoxy groups -OCH3 is 1. The summed E-state index contributed by atoms with van der Waals surface area (Å²) in [6.07, 6.45) is 3.42. The van der Waals surface area contributed by atoms with Crippen molar-refractivity contribution < 1.29 is 24.2 Å². The molecule has 6 nitrogen and oxygen atoms in total. The van der Waals surface area contributed by atoms with Gasteiger partial charge < -0.3 is 15.2 Å². The Bertz CT molecular complexity index is 333. The highest BCUT2D eigenvalue weighted by Crippen LogP contribution is 2.28. The molecule has 0 unspecified atom stereocenters. The molecule has 2 N–H and O–H groups in total. The van der Waals surface area contributed by atoms with Gasteiger partial charge in [-0.1, -0.05) is 19.3 Å². The highest BCUT2D eigenvalue weighted by Gasteiger charge is 2.40. The van der Waals surface area contributed by atoms with Crippen molar-refractivity contribution in [3.05, 3.63) is 0 Å². The predicted molar refractivity (Wildman–Crippen MR) is 62.8 cm³/mol. The number of carboxylic acids is 1. The molecule has 0 saturated heterocycles. The monoisotopic (exact) mass is 257 g/mol. The Morgan fingerprint density at radius 2 is 1.78 bits per heavy atom. The first-order chi connectivity index (χ1) is 8.50. The van der Waals surface area contributed by atoms with Crippen LogP contribution in [-0.4, -0.2) is 35.6 Å². The van der Waals surface area contributed by atoms with E-state index in [-0.39, 0.29) is 12.8 Å². The lowest BCUT2D eigenvalue weighted by molar-refractivity contribution is -0.149. The average Bonchev–Trinajstić information content (AvgIpc) is 2.36. The number of aliphatic carboxylic acids is 1. The molecule has 1 aliphatic carbocycles. The van der Waals surface area contributed by atoms with Crippen LogP contribution in [0.3, 0.4) is 0 Å². The van der Waals surface area contributed by atoms with Crippen molar-refractivity contribution in [2.24, 2.45) is 0 Å². The molecule has 102 valence electrons. The van der Waals surface area contributed by atoms with Crippen LogP contribution >= 0.6 is 0 Å². The van der Waals surface area contributed by atoms with Gasteiger partial charge in [-0.3, -0.25) is 9.59 Å². The van der Waals surface area contributed by atoms with Gasteiger partial charge in [0.15, 0.2) is 0 Å². The molecule has 0 heterocycles. The number of amides is 1. The minimum absolute atomic E-state index is 0.0297. The van der Waals surface area contributed by atoms with Gasteiger partial charge in [0.2, 0.25) is 5.91 Å². The molecule has 1 fully saturated rings. The van der Waals surface area contributed by atoms with Crippen molar-refractivity contribution in [3.8, 4) is 0 Å². The first-order valence-electron chi connectivity index (χ1n) is 6.11. The summed E-state index contributed by atoms with van der Waals surface area (Å²) in [6.45, 7) is 0. The predicted octanol–water partition coefficient (Wildman–Crippen LogP) is 0.843. The second-order valence-corrected chi connectivity index (χ2v) is 4.57. The Morgan fingerprint density at radius 1 is 1.17 bits per heavy atom. The van der Waals surface area contributed by atoms with Crippen LogP contribution in [0.25, 0.3) is 0 Å². The molecule has 1 aliphatic rings. The fraction of sp³-hybridized carbons (Fsp3) is 0.750. The van der Waals surface area contributed by atoms with E-state index in [1.54, 1.807) is 0 Å². The molecule has 0 aromatic heterocycles. The second-order valence-electron chi connectivity index (χ2n) is 4.57. The molecule has 6 heteroatoms. The molecule has 1 rings (SSSR count). The fourth-order valence-electron chi connectivity index (χ4n) is 2.19. The largest absolute Gasteiger partial charge is 0.480 e. The normalized spacial score (nSPS) is 17.8. The van der Waals surface area contributed by atoms with E-state index >= 15 is 0 Å². The average molecular weight is 257 g/mol. The van der Waals surface area contributed by atoms with Crippen LogP contribution in [0.15, 0.2) is 0 Å². The summed E-state index contributed by atoms with van der Waals surface area (Å²) < 4.78 is 4.43. The van der Waals surface area contributed by atoms with Crippen LogP contribution in [0.1, 0.15) is 44.9 Å². The topological polar surface area (TPSA) is 92.7 Å². The summed E-state index contributed by atoms with van der Waals surface area (Å²) in [7, 11) is 1.25. The number of rotatable bonds is 5. The maximum atomic E-state index is 11.7. The Hall–Kier alpha value is -1.59. The fourth-order valence-corrected chi connectivity index (χ4v) is 2.19. The summed E-state index contributed by atoms with van der Waals surface area (Å²) in [6, 6.07) is 0. The second kappa shape index (κ2) is 6.37. The zero-order chi connectivity index (χ0) is 13.6. The standard InChI is InChI=1S/C12H19NO5/c1-18-10(15)6-5-9(14)13-12(11(16)17)7-3-2-4-8-12/h2-8H2,1H3,(H,13,14)(H,16,17). The number of hydrogen-bond donors (Lipinski definition) is 2. The third-order valence-corrected chi connectivity index (χ3v) is 3.28. The third-order valence-electron chi connectivity index (χ3n) is 3.28. The highest BCUT2D eigenvalue weighted by molar-refractivity contribution is 5.88. The zero-order valence-corrected chi connectivity index (χ0v) is 10.5. The number of carbonyl (C=O) groups is 3. The number of nitrogens with one attached hydrogen (secondary N) is 1. The maximum Gasteiger partial charge on any atom is 0.329 e. The number of carboxylic acid groups (broad SMARTS) is 1. The van der Waals surface area contributed by atoms with Gasteiger partial charge in [0.05, 0.1) is 13.5 Å². The van der Waals surface area contributed by atoms with E-state index in [1.807, 2.05) is 0 Å². The molecule has 0 aromatic rings. The van der Waals surface area contributed by atoms with Crippen LogP contribution in [0.2, 0.25) is 0 Å². The minimum atomic E-state index is -1.15. The number of hydrogen-bond acceptors (Lipinski definition) is 4. The van der Waals surface area contributed by atoms with E-state index in [0.717, 1.165) is 19.3 Å². The summed E-state index contributed by atoms with van der Waals surface area (Å²) in [4.78, 5) is 33.9. The molecule has 1 amide bonds. The van der Waals surface area contributed by atoms with Crippen LogP contribution in [-0.2, 0) is 19.1 Å². The van der Waals surface area contributed by atoms with Gasteiger partial charge in [-0.05, 0) is 12.8 Å². The molecule has 18 heavy (non-hydrogen) atoms. The van der Waals surface area contributed by atoms with E-state index in [4.69, 9.17) is 0 Å². The molecule has 0 bridgehead atoms. The van der Waals surface area contributed by atoms with E-state index < -0.39 is 23.4 Å². The molecule has 0 radical (unpaired) electrons. The number of ether oxygens (including phenoxy) is 1. The summed E-state index contributed by atoms with van der Waals surface area (Å²) in [5, 5.41) is 11.8. The smallest absolute Gasteiger partial charge is 0.329 e. The van der Waals surface area contributed by atoms with Crippen LogP contribution in [0.5, 0.6) is 0 Å². The molecule has 0 spiro atoms. The third kappa shape index (κ3) is 3.72. The van der Waals surface area contributed by atoms with Gasteiger partial charge in [-0.15, -0.1) is 0 Å². The van der Waals surface area contributed by atoms with Crippen LogP contribution < -0.4 is 5.32 Å². The molecular formula is C12H19NO5. The molecule has 1 saturated carbocycles. The Morgan fingerprint density at radius 3 is 2.28 bits per heavy atom. The van der Waals surface area contributed by atoms with E-state index in [0.29, 0.717) is 12.8 Å². The minimum Gasteiger partial charge on any atom is -0.480 e. The lowest BCUT2D eigenvalue weighted by atomic mass is 9.81. The van der Waals surface area contributed by atoms with Gasteiger partial charge in [-0.25, -0.2) is 4.79 Å². The van der Waals surface area contributed by atoms with Crippen LogP contribution in [0, 0.1) is 0 Å². The lowest BCUT2D eigenvalue weighted by Crippen LogP contribution is -2.55. The lowest BCUT2D eigenvalue weighted by Gasteiger charge is -2.33. The van der Waals surface area contributed by atoms with E-state index in [2.05, 4.69) is 10.1 Å². The number of esters is 1. The van der Waals surface area contributed by atoms with Crippen molar-refractivity contribution in [1.29, 1.82) is 0 Å². The van der Waals surface area contributed by atoms with Gasteiger partial charge >= 0.3 is 11.9 Å². The number of carbonyl (C=O) groups excluding carboxylic acids is 2. The summed E-state index contributed by atoms with van der Waals surface area (Å²) in [5.41, 5.74) is -1.15. The van der Waals surface area contributed by atoms with Gasteiger partial charge in [0.25, 0.3) is 0 Å². The van der Waals surface area contributed by atoms with Gasteiger partial charge in [0, 0.05) is 6.42 Å².